The molecule has 0 heterocycles. The average Bonchev–Trinajstić information content (AvgIpc) is 2.46. The number of rotatable bonds is 12. The van der Waals surface area contributed by atoms with E-state index in [4.69, 9.17) is 4.74 Å². The molecule has 0 radical (unpaired) electrons. The highest BCUT2D eigenvalue weighted by molar-refractivity contribution is 5.83. The first-order chi connectivity index (χ1) is 11.0. The van der Waals surface area contributed by atoms with Gasteiger partial charge in [0.15, 0.2) is 0 Å². The summed E-state index contributed by atoms with van der Waals surface area (Å²) in [7, 11) is 0. The van der Waals surface area contributed by atoms with Crippen molar-refractivity contribution >= 4 is 5.97 Å². The number of carbonyl (C=O) groups excluding carboxylic acids is 1. The standard InChI is InChI=1S/C21H36O2/c1-6-7-8-9-16-23-21(22)17-20(5)15-11-14-19(4)13-10-12-18(2)3/h11-12,15,17,19H,6-10,13-14,16H2,1-5H3. The lowest BCUT2D eigenvalue weighted by atomic mass is 10.0. The van der Waals surface area contributed by atoms with Crippen LogP contribution >= 0.6 is 0 Å². The molecule has 132 valence electrons. The van der Waals surface area contributed by atoms with E-state index in [1.54, 1.807) is 6.08 Å². The van der Waals surface area contributed by atoms with Crippen LogP contribution in [0.2, 0.25) is 0 Å². The van der Waals surface area contributed by atoms with E-state index in [2.05, 4.69) is 39.8 Å². The number of unbranched alkanes of at least 4 members (excludes halogenated alkanes) is 3. The van der Waals surface area contributed by atoms with Gasteiger partial charge in [0.2, 0.25) is 0 Å². The van der Waals surface area contributed by atoms with E-state index in [-0.39, 0.29) is 5.97 Å². The van der Waals surface area contributed by atoms with Gasteiger partial charge in [-0.15, -0.1) is 0 Å². The van der Waals surface area contributed by atoms with Crippen molar-refractivity contribution in [2.75, 3.05) is 6.61 Å². The Morgan fingerprint density at radius 1 is 1.13 bits per heavy atom. The maximum absolute atomic E-state index is 11.6. The minimum Gasteiger partial charge on any atom is -0.463 e. The van der Waals surface area contributed by atoms with Crippen LogP contribution in [0.5, 0.6) is 0 Å². The first kappa shape index (κ1) is 21.7. The molecule has 0 fully saturated rings. The molecule has 2 nitrogen and oxygen atoms in total. The number of ether oxygens (including phenoxy) is 1. The van der Waals surface area contributed by atoms with E-state index in [0.717, 1.165) is 31.3 Å². The van der Waals surface area contributed by atoms with Crippen LogP contribution in [-0.4, -0.2) is 12.6 Å². The van der Waals surface area contributed by atoms with Crippen molar-refractivity contribution in [3.63, 3.8) is 0 Å². The van der Waals surface area contributed by atoms with Gasteiger partial charge in [0.25, 0.3) is 0 Å². The summed E-state index contributed by atoms with van der Waals surface area (Å²) >= 11 is 0. The third-order valence-corrected chi connectivity index (χ3v) is 3.72. The molecule has 0 amide bonds. The zero-order valence-corrected chi connectivity index (χ0v) is 15.9. The number of hydrogen-bond acceptors (Lipinski definition) is 2. The van der Waals surface area contributed by atoms with Gasteiger partial charge < -0.3 is 4.74 Å². The Hall–Kier alpha value is -1.31. The fourth-order valence-electron chi connectivity index (χ4n) is 2.24. The topological polar surface area (TPSA) is 26.3 Å². The van der Waals surface area contributed by atoms with Gasteiger partial charge in [-0.05, 0) is 57.9 Å². The largest absolute Gasteiger partial charge is 0.463 e. The van der Waals surface area contributed by atoms with Crippen LogP contribution in [0, 0.1) is 5.92 Å². The first-order valence-electron chi connectivity index (χ1n) is 9.10. The molecule has 2 heteroatoms. The van der Waals surface area contributed by atoms with Gasteiger partial charge >= 0.3 is 5.97 Å². The second-order valence-electron chi connectivity index (χ2n) is 6.72. The summed E-state index contributed by atoms with van der Waals surface area (Å²) in [4.78, 5) is 11.6. The van der Waals surface area contributed by atoms with Crippen LogP contribution in [0.15, 0.2) is 35.5 Å². The van der Waals surface area contributed by atoms with Crippen LogP contribution < -0.4 is 0 Å². The minimum absolute atomic E-state index is 0.222. The van der Waals surface area contributed by atoms with Gasteiger partial charge in [-0.1, -0.05) is 56.9 Å². The predicted molar refractivity (Wildman–Crippen MR) is 100 cm³/mol. The molecule has 0 saturated carbocycles. The Bertz CT molecular complexity index is 398. The fourth-order valence-corrected chi connectivity index (χ4v) is 2.24. The van der Waals surface area contributed by atoms with Crippen LogP contribution in [0.1, 0.15) is 79.6 Å². The molecule has 0 aromatic rings. The highest BCUT2D eigenvalue weighted by atomic mass is 16.5. The maximum atomic E-state index is 11.6. The van der Waals surface area contributed by atoms with Crippen molar-refractivity contribution in [2.24, 2.45) is 5.92 Å². The maximum Gasteiger partial charge on any atom is 0.331 e. The number of hydrogen-bond donors (Lipinski definition) is 0. The molecule has 0 aromatic heterocycles. The Labute approximate surface area is 143 Å². The van der Waals surface area contributed by atoms with E-state index in [9.17, 15) is 4.79 Å². The molecule has 0 saturated heterocycles. The van der Waals surface area contributed by atoms with Crippen molar-refractivity contribution < 1.29 is 9.53 Å². The summed E-state index contributed by atoms with van der Waals surface area (Å²) in [5, 5.41) is 0. The van der Waals surface area contributed by atoms with E-state index in [1.165, 1.54) is 24.8 Å². The first-order valence-corrected chi connectivity index (χ1v) is 9.10. The SMILES string of the molecule is CCCCCCOC(=O)C=C(C)C=CCC(C)CCC=C(C)C. The fraction of sp³-hybridized carbons (Fsp3) is 0.667. The summed E-state index contributed by atoms with van der Waals surface area (Å²) in [6.07, 6.45) is 16.0. The third kappa shape index (κ3) is 15.4. The van der Waals surface area contributed by atoms with Gasteiger partial charge in [-0.2, -0.15) is 0 Å². The number of carbonyl (C=O) groups is 1. The highest BCUT2D eigenvalue weighted by Crippen LogP contribution is 2.13. The molecule has 0 aliphatic carbocycles. The molecule has 0 aromatic carbocycles. The van der Waals surface area contributed by atoms with E-state index in [1.807, 2.05) is 13.0 Å². The zero-order chi connectivity index (χ0) is 17.5. The lowest BCUT2D eigenvalue weighted by Gasteiger charge is -2.06. The summed E-state index contributed by atoms with van der Waals surface area (Å²) in [5.41, 5.74) is 2.35. The monoisotopic (exact) mass is 320 g/mol. The van der Waals surface area contributed by atoms with Crippen LogP contribution in [0.4, 0.5) is 0 Å². The summed E-state index contributed by atoms with van der Waals surface area (Å²) in [6, 6.07) is 0. The van der Waals surface area contributed by atoms with Gasteiger partial charge in [-0.25, -0.2) is 4.79 Å². The smallest absolute Gasteiger partial charge is 0.331 e. The molecule has 0 aliphatic rings. The molecule has 0 rings (SSSR count). The Balaban J connectivity index is 3.93. The van der Waals surface area contributed by atoms with Gasteiger partial charge in [0, 0.05) is 6.08 Å². The number of allylic oxidation sites excluding steroid dienone is 5. The molecule has 0 aliphatic heterocycles. The molecular weight excluding hydrogens is 284 g/mol. The summed E-state index contributed by atoms with van der Waals surface area (Å²) in [5.74, 6) is 0.445. The zero-order valence-electron chi connectivity index (χ0n) is 15.9. The van der Waals surface area contributed by atoms with Crippen LogP contribution in [-0.2, 0) is 9.53 Å². The summed E-state index contributed by atoms with van der Waals surface area (Å²) in [6.45, 7) is 11.2. The molecular formula is C21H36O2. The van der Waals surface area contributed by atoms with E-state index < -0.39 is 0 Å². The average molecular weight is 321 g/mol. The lowest BCUT2D eigenvalue weighted by Crippen LogP contribution is -2.03. The Morgan fingerprint density at radius 3 is 2.52 bits per heavy atom. The van der Waals surface area contributed by atoms with Crippen molar-refractivity contribution in [2.45, 2.75) is 79.6 Å². The second kappa shape index (κ2) is 14.3. The molecule has 0 N–H and O–H groups in total. The van der Waals surface area contributed by atoms with Crippen molar-refractivity contribution in [1.82, 2.24) is 0 Å². The van der Waals surface area contributed by atoms with Gasteiger partial charge in [-0.3, -0.25) is 0 Å². The third-order valence-electron chi connectivity index (χ3n) is 3.72. The minimum atomic E-state index is -0.222. The lowest BCUT2D eigenvalue weighted by molar-refractivity contribution is -0.137. The molecule has 1 unspecified atom stereocenters. The molecule has 0 bridgehead atoms. The normalized spacial score (nSPS) is 13.2. The highest BCUT2D eigenvalue weighted by Gasteiger charge is 2.00. The van der Waals surface area contributed by atoms with E-state index >= 15 is 0 Å². The Kier molecular flexibility index (Phi) is 13.5. The molecule has 23 heavy (non-hydrogen) atoms. The Morgan fingerprint density at radius 2 is 1.87 bits per heavy atom. The van der Waals surface area contributed by atoms with E-state index in [0.29, 0.717) is 12.5 Å². The summed E-state index contributed by atoms with van der Waals surface area (Å²) < 4.78 is 5.21. The van der Waals surface area contributed by atoms with Crippen molar-refractivity contribution in [1.29, 1.82) is 0 Å². The van der Waals surface area contributed by atoms with Gasteiger partial charge in [0.05, 0.1) is 6.61 Å². The predicted octanol–water partition coefficient (Wildman–Crippen LogP) is 6.39. The second-order valence-corrected chi connectivity index (χ2v) is 6.72. The number of esters is 1. The van der Waals surface area contributed by atoms with Crippen LogP contribution in [0.25, 0.3) is 0 Å². The van der Waals surface area contributed by atoms with Crippen molar-refractivity contribution in [3.05, 3.63) is 35.5 Å². The van der Waals surface area contributed by atoms with Crippen molar-refractivity contribution in [3.8, 4) is 0 Å². The molecule has 1 atom stereocenters. The quantitative estimate of drug-likeness (QED) is 0.137. The van der Waals surface area contributed by atoms with Gasteiger partial charge in [0.1, 0.15) is 0 Å². The molecule has 0 spiro atoms. The van der Waals surface area contributed by atoms with Crippen LogP contribution in [0.3, 0.4) is 0 Å².